The van der Waals surface area contributed by atoms with E-state index in [1.165, 1.54) is 193 Å². The zero-order valence-corrected chi connectivity index (χ0v) is 41.9. The number of carbonyl (C=O) groups is 2. The van der Waals surface area contributed by atoms with Gasteiger partial charge in [-0.15, -0.1) is 0 Å². The smallest absolute Gasteiger partial charge is 0.306 e. The number of carbonyl (C=O) groups excluding carboxylic acids is 2. The standard InChI is InChI=1S/C57H106O5/c1-4-7-10-13-16-19-22-25-28-31-34-37-40-43-46-49-52-60-53-55(62-57(59)51-48-45-42-39-36-33-30-27-24-21-18-15-12-9-6-3)54-61-56(58)50-47-44-41-38-35-32-29-26-23-20-17-14-11-8-5-2/h25-30,55H,4-24,31-54H2,1-3H3. The van der Waals surface area contributed by atoms with Crippen LogP contribution in [0.3, 0.4) is 0 Å². The van der Waals surface area contributed by atoms with E-state index in [9.17, 15) is 9.59 Å². The molecule has 0 amide bonds. The number of hydrogen-bond donors (Lipinski definition) is 0. The molecule has 0 rings (SSSR count). The van der Waals surface area contributed by atoms with Crippen LogP contribution in [0.25, 0.3) is 0 Å². The van der Waals surface area contributed by atoms with Gasteiger partial charge >= 0.3 is 11.9 Å². The van der Waals surface area contributed by atoms with Gasteiger partial charge in [-0.25, -0.2) is 0 Å². The van der Waals surface area contributed by atoms with Crippen LogP contribution in [0.1, 0.15) is 290 Å². The topological polar surface area (TPSA) is 61.8 Å². The molecule has 0 aromatic rings. The van der Waals surface area contributed by atoms with E-state index < -0.39 is 6.10 Å². The third kappa shape index (κ3) is 50.8. The zero-order chi connectivity index (χ0) is 44.9. The van der Waals surface area contributed by atoms with Crippen molar-refractivity contribution in [2.45, 2.75) is 297 Å². The van der Waals surface area contributed by atoms with Gasteiger partial charge in [-0.05, 0) is 96.3 Å². The second kappa shape index (κ2) is 53.5. The van der Waals surface area contributed by atoms with Crippen molar-refractivity contribution in [2.75, 3.05) is 19.8 Å². The fraction of sp³-hybridized carbons (Fsp3) is 0.860. The third-order valence-corrected chi connectivity index (χ3v) is 12.1. The Morgan fingerprint density at radius 3 is 0.984 bits per heavy atom. The molecule has 0 aromatic heterocycles. The van der Waals surface area contributed by atoms with E-state index in [1.807, 2.05) is 0 Å². The summed E-state index contributed by atoms with van der Waals surface area (Å²) in [6.07, 6.45) is 64.4. The molecule has 0 heterocycles. The Morgan fingerprint density at radius 2 is 0.629 bits per heavy atom. The first-order chi connectivity index (χ1) is 30.6. The first-order valence-corrected chi connectivity index (χ1v) is 27.5. The van der Waals surface area contributed by atoms with E-state index in [4.69, 9.17) is 14.2 Å². The zero-order valence-electron chi connectivity index (χ0n) is 41.9. The summed E-state index contributed by atoms with van der Waals surface area (Å²) in [5.41, 5.74) is 0. The molecular weight excluding hydrogens is 765 g/mol. The molecule has 0 saturated heterocycles. The van der Waals surface area contributed by atoms with Gasteiger partial charge in [0.1, 0.15) is 6.61 Å². The molecule has 0 spiro atoms. The fourth-order valence-corrected chi connectivity index (χ4v) is 7.97. The molecule has 0 fully saturated rings. The molecule has 5 nitrogen and oxygen atoms in total. The Kier molecular flexibility index (Phi) is 51.8. The van der Waals surface area contributed by atoms with Crippen molar-refractivity contribution in [3.8, 4) is 0 Å². The Balaban J connectivity index is 4.28. The minimum Gasteiger partial charge on any atom is -0.462 e. The van der Waals surface area contributed by atoms with E-state index in [2.05, 4.69) is 57.2 Å². The van der Waals surface area contributed by atoms with Crippen LogP contribution >= 0.6 is 0 Å². The molecule has 5 heteroatoms. The highest BCUT2D eigenvalue weighted by Crippen LogP contribution is 2.14. The lowest BCUT2D eigenvalue weighted by molar-refractivity contribution is -0.163. The lowest BCUT2D eigenvalue weighted by atomic mass is 10.1. The maximum atomic E-state index is 12.8. The number of esters is 2. The fourth-order valence-electron chi connectivity index (χ4n) is 7.97. The van der Waals surface area contributed by atoms with Crippen LogP contribution in [0.15, 0.2) is 36.5 Å². The molecular formula is C57H106O5. The average Bonchev–Trinajstić information content (AvgIpc) is 3.27. The number of ether oxygens (including phenoxy) is 3. The number of rotatable bonds is 51. The molecule has 0 aliphatic heterocycles. The quantitative estimate of drug-likeness (QED) is 0.0346. The lowest BCUT2D eigenvalue weighted by Gasteiger charge is -2.18. The lowest BCUT2D eigenvalue weighted by Crippen LogP contribution is -2.30. The van der Waals surface area contributed by atoms with E-state index in [1.54, 1.807) is 0 Å². The van der Waals surface area contributed by atoms with Gasteiger partial charge in [0, 0.05) is 19.4 Å². The number of unbranched alkanes of at least 4 members (excludes halogenated alkanes) is 34. The molecule has 0 aromatic carbocycles. The average molecular weight is 871 g/mol. The summed E-state index contributed by atoms with van der Waals surface area (Å²) < 4.78 is 17.4. The molecule has 0 aliphatic rings. The van der Waals surface area contributed by atoms with Gasteiger partial charge in [-0.1, -0.05) is 218 Å². The predicted octanol–water partition coefficient (Wildman–Crippen LogP) is 18.6. The molecule has 62 heavy (non-hydrogen) atoms. The highest BCUT2D eigenvalue weighted by Gasteiger charge is 2.17. The summed E-state index contributed by atoms with van der Waals surface area (Å²) >= 11 is 0. The van der Waals surface area contributed by atoms with Gasteiger partial charge in [0.25, 0.3) is 0 Å². The molecule has 0 radical (unpaired) electrons. The molecule has 0 N–H and O–H groups in total. The van der Waals surface area contributed by atoms with E-state index in [0.29, 0.717) is 19.4 Å². The largest absolute Gasteiger partial charge is 0.462 e. The Bertz CT molecular complexity index is 986. The minimum absolute atomic E-state index is 0.0788. The molecule has 1 unspecified atom stereocenters. The summed E-state index contributed by atoms with van der Waals surface area (Å²) in [5, 5.41) is 0. The van der Waals surface area contributed by atoms with Crippen molar-refractivity contribution in [1.82, 2.24) is 0 Å². The van der Waals surface area contributed by atoms with Crippen LogP contribution in [0, 0.1) is 0 Å². The van der Waals surface area contributed by atoms with Crippen molar-refractivity contribution >= 4 is 11.9 Å². The van der Waals surface area contributed by atoms with Gasteiger partial charge in [-0.3, -0.25) is 9.59 Å². The number of hydrogen-bond acceptors (Lipinski definition) is 5. The molecule has 1 atom stereocenters. The van der Waals surface area contributed by atoms with E-state index >= 15 is 0 Å². The molecule has 364 valence electrons. The Labute approximate surface area is 387 Å². The van der Waals surface area contributed by atoms with Crippen LogP contribution in [-0.2, 0) is 23.8 Å². The third-order valence-electron chi connectivity index (χ3n) is 12.1. The van der Waals surface area contributed by atoms with Crippen LogP contribution < -0.4 is 0 Å². The molecule has 0 aliphatic carbocycles. The summed E-state index contributed by atoms with van der Waals surface area (Å²) in [7, 11) is 0. The second-order valence-corrected chi connectivity index (χ2v) is 18.5. The van der Waals surface area contributed by atoms with Crippen molar-refractivity contribution in [2.24, 2.45) is 0 Å². The molecule has 0 bridgehead atoms. The van der Waals surface area contributed by atoms with E-state index in [0.717, 1.165) is 64.2 Å². The van der Waals surface area contributed by atoms with Gasteiger partial charge in [0.05, 0.1) is 6.61 Å². The highest BCUT2D eigenvalue weighted by molar-refractivity contribution is 5.70. The first kappa shape index (κ1) is 60.1. The highest BCUT2D eigenvalue weighted by atomic mass is 16.6. The van der Waals surface area contributed by atoms with Crippen molar-refractivity contribution in [3.63, 3.8) is 0 Å². The normalized spacial score (nSPS) is 12.4. The summed E-state index contributed by atoms with van der Waals surface area (Å²) in [4.78, 5) is 25.4. The van der Waals surface area contributed by atoms with Gasteiger partial charge in [0.15, 0.2) is 6.10 Å². The Hall–Kier alpha value is -1.88. The SMILES string of the molecule is CCCCCCCCC=CCCCCCCCCOCC(COC(=O)CCCCCCCC=CCCCCCCCC)OC(=O)CCCCCCCC=CCCCCCCCC. The number of allylic oxidation sites excluding steroid dienone is 6. The first-order valence-electron chi connectivity index (χ1n) is 27.5. The van der Waals surface area contributed by atoms with Crippen LogP contribution in [0.4, 0.5) is 0 Å². The monoisotopic (exact) mass is 871 g/mol. The van der Waals surface area contributed by atoms with Gasteiger partial charge < -0.3 is 14.2 Å². The van der Waals surface area contributed by atoms with Gasteiger partial charge in [0.2, 0.25) is 0 Å². The van der Waals surface area contributed by atoms with Crippen molar-refractivity contribution in [1.29, 1.82) is 0 Å². The predicted molar refractivity (Wildman–Crippen MR) is 270 cm³/mol. The maximum absolute atomic E-state index is 12.8. The minimum atomic E-state index is -0.544. The summed E-state index contributed by atoms with van der Waals surface area (Å²) in [6, 6.07) is 0. The van der Waals surface area contributed by atoms with Crippen LogP contribution in [-0.4, -0.2) is 37.9 Å². The molecule has 0 saturated carbocycles. The Morgan fingerprint density at radius 1 is 0.339 bits per heavy atom. The second-order valence-electron chi connectivity index (χ2n) is 18.5. The van der Waals surface area contributed by atoms with Crippen molar-refractivity contribution < 1.29 is 23.8 Å². The maximum Gasteiger partial charge on any atom is 0.306 e. The summed E-state index contributed by atoms with van der Waals surface area (Å²) in [5.74, 6) is -0.406. The van der Waals surface area contributed by atoms with Crippen LogP contribution in [0.2, 0.25) is 0 Å². The van der Waals surface area contributed by atoms with Crippen molar-refractivity contribution in [3.05, 3.63) is 36.5 Å². The van der Waals surface area contributed by atoms with Crippen LogP contribution in [0.5, 0.6) is 0 Å². The van der Waals surface area contributed by atoms with E-state index in [-0.39, 0.29) is 25.2 Å². The van der Waals surface area contributed by atoms with Gasteiger partial charge in [-0.2, -0.15) is 0 Å². The summed E-state index contributed by atoms with van der Waals surface area (Å²) in [6.45, 7) is 7.83.